The molecule has 192 valence electrons. The van der Waals surface area contributed by atoms with Gasteiger partial charge in [-0.3, -0.25) is 0 Å². The molecule has 0 aliphatic heterocycles. The molecule has 0 saturated heterocycles. The Morgan fingerprint density at radius 1 is 0.258 bits per heavy atom. The van der Waals surface area contributed by atoms with Crippen molar-refractivity contribution in [1.29, 1.82) is 0 Å². The Hall–Kier alpha value is 1.05. The zero-order valence-corrected chi connectivity index (χ0v) is 27.6. The first-order valence-electron chi connectivity index (χ1n) is 11.9. The maximum absolute atomic E-state index is 2.33. The van der Waals surface area contributed by atoms with Gasteiger partial charge in [0, 0.05) is 0 Å². The van der Waals surface area contributed by atoms with Crippen LogP contribution in [0.4, 0.5) is 0 Å². The van der Waals surface area contributed by atoms with Gasteiger partial charge in [0.1, 0.15) is 0 Å². The third kappa shape index (κ3) is 90.1. The Bertz CT molecular complexity index is 180. The molecule has 0 saturated carbocycles. The first-order valence-corrected chi connectivity index (χ1v) is 11.9. The molecule has 0 aromatic heterocycles. The summed E-state index contributed by atoms with van der Waals surface area (Å²) in [7, 11) is 0. The Morgan fingerprint density at radius 3 is 0.323 bits per heavy atom. The normalized spacial score (nSPS) is 10.1. The fraction of sp³-hybridized carbons (Fsp3) is 0.867. The summed E-state index contributed by atoms with van der Waals surface area (Å²) in [6.45, 7) is 35.3. The van der Waals surface area contributed by atoms with Crippen LogP contribution in [0.15, 0.2) is 0 Å². The van der Waals surface area contributed by atoms with Crippen molar-refractivity contribution in [1.82, 2.24) is 0 Å². The van der Waals surface area contributed by atoms with Crippen LogP contribution >= 0.6 is 0 Å². The molecular weight excluding hydrogens is 598 g/mol. The van der Waals surface area contributed by atoms with Crippen LogP contribution in [0.25, 0.3) is 0 Å². The molecule has 0 heterocycles. The van der Waals surface area contributed by atoms with E-state index in [0.717, 1.165) is 47.3 Å². The van der Waals surface area contributed by atoms with E-state index in [1.54, 1.807) is 0 Å². The van der Waals surface area contributed by atoms with Gasteiger partial charge in [-0.25, -0.2) is 0 Å². The van der Waals surface area contributed by atoms with Gasteiger partial charge in [-0.2, -0.15) is 47.3 Å². The van der Waals surface area contributed by atoms with Crippen molar-refractivity contribution in [3.8, 4) is 0 Å². The van der Waals surface area contributed by atoms with Crippen molar-refractivity contribution in [2.24, 2.45) is 47.3 Å². The Balaban J connectivity index is -0.0000000480. The molecule has 0 N–H and O–H groups in total. The second kappa shape index (κ2) is 33.2. The first-order chi connectivity index (χ1) is 12.5. The second-order valence-electron chi connectivity index (χ2n) is 10.7. The minimum absolute atomic E-state index is 0. The van der Waals surface area contributed by atoms with E-state index >= 15 is 0 Å². The molecule has 0 amide bonds. The molecule has 0 fully saturated rings. The van der Waals surface area contributed by atoms with Gasteiger partial charge in [-0.1, -0.05) is 126 Å². The van der Waals surface area contributed by atoms with E-state index in [0.29, 0.717) is 0 Å². The smallest absolute Gasteiger partial charge is 0.323 e. The zero-order valence-electron chi connectivity index (χ0n) is 23.4. The molecule has 0 radical (unpaired) electrons. The molecule has 0 rings (SSSR count). The van der Waals surface area contributed by atoms with Gasteiger partial charge < -0.3 is 25.7 Å². The van der Waals surface area contributed by atoms with E-state index in [1.807, 2.05) is 0 Å². The fourth-order valence-corrected chi connectivity index (χ4v) is 3.08. The average molecular weight is 667 g/mol. The van der Waals surface area contributed by atoms with Crippen LogP contribution in [0, 0.1) is 104 Å². The first kappa shape index (κ1) is 49.2. The molecule has 0 nitrogen and oxygen atoms in total. The van der Waals surface area contributed by atoms with Crippen molar-refractivity contribution in [3.63, 3.8) is 0 Å². The van der Waals surface area contributed by atoms with E-state index in [-0.39, 0.29) is 46.0 Å². The number of hydrogen-bond acceptors (Lipinski definition) is 0. The van der Waals surface area contributed by atoms with Gasteiger partial charge >= 0.3 is 31.1 Å². The summed E-state index contributed by atoms with van der Waals surface area (Å²) in [6, 6.07) is 0. The van der Waals surface area contributed by atoms with Crippen LogP contribution in [-0.4, -0.2) is 0 Å². The van der Waals surface area contributed by atoms with E-state index in [1.165, 1.54) is 0 Å². The summed E-state index contributed by atoms with van der Waals surface area (Å²) < 4.78 is 0. The summed E-state index contributed by atoms with van der Waals surface area (Å²) in [4.78, 5) is 0. The predicted molar refractivity (Wildman–Crippen MR) is 149 cm³/mol. The maximum atomic E-state index is 2.33. The molecule has 0 unspecified atom stereocenters. The van der Waals surface area contributed by atoms with Crippen molar-refractivity contribution in [2.45, 2.75) is 126 Å². The summed E-state index contributed by atoms with van der Waals surface area (Å²) in [5, 5.41) is 0. The number of hydrogen-bond donors (Lipinski definition) is 0. The molecule has 0 aromatic rings. The molecule has 1 heteroatoms. The molecule has 31 heavy (non-hydrogen) atoms. The fourth-order valence-electron chi connectivity index (χ4n) is 3.08. The van der Waals surface area contributed by atoms with Gasteiger partial charge in [0.2, 0.25) is 0 Å². The minimum atomic E-state index is 0. The Labute approximate surface area is 228 Å². The standard InChI is InChI=1S/4C7H15.2CH4.U/c4*1-6(2)5-7(3)4;;;/h4*5-7H,1-4H3;2*1H4;/q4*-1;;;+4. The van der Waals surface area contributed by atoms with Crippen molar-refractivity contribution in [2.75, 3.05) is 0 Å². The Morgan fingerprint density at radius 2 is 0.323 bits per heavy atom. The quantitative estimate of drug-likeness (QED) is 0.226. The average Bonchev–Trinajstić information content (AvgIpc) is 2.32. The third-order valence-corrected chi connectivity index (χ3v) is 3.08. The molecule has 0 atom stereocenters. The summed E-state index contributed by atoms with van der Waals surface area (Å²) in [5.74, 6) is 6.00. The largest absolute Gasteiger partial charge is 4.00 e. The predicted octanol–water partition coefficient (Wildman–Crippen LogP) is 11.3. The van der Waals surface area contributed by atoms with Crippen LogP contribution in [0.3, 0.4) is 0 Å². The van der Waals surface area contributed by atoms with E-state index in [2.05, 4.69) is 136 Å². The third-order valence-electron chi connectivity index (χ3n) is 3.08. The minimum Gasteiger partial charge on any atom is -0.323 e. The second-order valence-corrected chi connectivity index (χ2v) is 10.7. The van der Waals surface area contributed by atoms with Gasteiger partial charge in [-0.05, 0) is 0 Å². The maximum Gasteiger partial charge on any atom is 4.00 e. The molecule has 0 aromatic carbocycles. The molecule has 0 aliphatic rings. The van der Waals surface area contributed by atoms with E-state index in [4.69, 9.17) is 0 Å². The topological polar surface area (TPSA) is 0 Å². The summed E-state index contributed by atoms with van der Waals surface area (Å²) in [6.07, 6.45) is 9.33. The van der Waals surface area contributed by atoms with E-state index < -0.39 is 0 Å². The van der Waals surface area contributed by atoms with Crippen molar-refractivity contribution < 1.29 is 31.1 Å². The van der Waals surface area contributed by atoms with Crippen LogP contribution < -0.4 is 0 Å². The molecule has 0 aliphatic carbocycles. The zero-order chi connectivity index (χ0) is 23.4. The van der Waals surface area contributed by atoms with Gasteiger partial charge in [0.25, 0.3) is 0 Å². The van der Waals surface area contributed by atoms with Crippen LogP contribution in [0.2, 0.25) is 0 Å². The molecule has 0 spiro atoms. The monoisotopic (exact) mass is 667 g/mol. The molecule has 0 bridgehead atoms. The van der Waals surface area contributed by atoms with Crippen molar-refractivity contribution >= 4 is 0 Å². The SMILES string of the molecule is C.C.CC(C)[CH-]C(C)C.CC(C)[CH-]C(C)C.CC(C)[CH-]C(C)C.CC(C)[CH-]C(C)C.[U+4]. The number of rotatable bonds is 8. The van der Waals surface area contributed by atoms with E-state index in [9.17, 15) is 0 Å². The molecular formula is C30H68U. The van der Waals surface area contributed by atoms with Gasteiger partial charge in [0.15, 0.2) is 0 Å². The van der Waals surface area contributed by atoms with Crippen LogP contribution in [0.1, 0.15) is 126 Å². The van der Waals surface area contributed by atoms with Gasteiger partial charge in [-0.15, -0.1) is 0 Å². The summed E-state index contributed by atoms with van der Waals surface area (Å²) in [5.41, 5.74) is 0. The van der Waals surface area contributed by atoms with Gasteiger partial charge in [0.05, 0.1) is 0 Å². The summed E-state index contributed by atoms with van der Waals surface area (Å²) >= 11 is 0. The van der Waals surface area contributed by atoms with Crippen molar-refractivity contribution in [3.05, 3.63) is 25.7 Å². The van der Waals surface area contributed by atoms with Crippen LogP contribution in [-0.2, 0) is 0 Å². The Kier molecular flexibility index (Phi) is 52.8. The van der Waals surface area contributed by atoms with Crippen LogP contribution in [0.5, 0.6) is 0 Å².